The Hall–Kier alpha value is -2.74. The Morgan fingerprint density at radius 3 is 2.88 bits per heavy atom. The first-order valence-electron chi connectivity index (χ1n) is 10.0. The van der Waals surface area contributed by atoms with Gasteiger partial charge in [-0.15, -0.1) is 11.8 Å². The number of benzene rings is 2. The second kappa shape index (κ2) is 7.40. The second-order valence-electron chi connectivity index (χ2n) is 7.72. The number of amides is 3. The van der Waals surface area contributed by atoms with Crippen molar-refractivity contribution >= 4 is 68.3 Å². The van der Waals surface area contributed by atoms with Crippen molar-refractivity contribution in [3.05, 3.63) is 70.0 Å². The molecule has 9 heteroatoms. The Bertz CT molecular complexity index is 1350. The quantitative estimate of drug-likeness (QED) is 0.551. The van der Waals surface area contributed by atoms with Crippen LogP contribution in [0, 0.1) is 0 Å². The molecule has 0 spiro atoms. The van der Waals surface area contributed by atoms with Crippen molar-refractivity contribution in [2.24, 2.45) is 0 Å². The van der Waals surface area contributed by atoms with Gasteiger partial charge in [0, 0.05) is 39.4 Å². The first-order valence-corrected chi connectivity index (χ1v) is 11.7. The van der Waals surface area contributed by atoms with Gasteiger partial charge in [-0.05, 0) is 12.1 Å². The van der Waals surface area contributed by atoms with Crippen molar-refractivity contribution in [3.63, 3.8) is 0 Å². The van der Waals surface area contributed by atoms with Crippen LogP contribution in [0.1, 0.15) is 11.1 Å². The van der Waals surface area contributed by atoms with E-state index in [1.165, 1.54) is 16.7 Å². The van der Waals surface area contributed by atoms with Gasteiger partial charge in [0.1, 0.15) is 11.0 Å². The third-order valence-corrected chi connectivity index (χ3v) is 7.81. The van der Waals surface area contributed by atoms with Crippen LogP contribution in [-0.4, -0.2) is 34.8 Å². The molecule has 3 amide bonds. The highest BCUT2D eigenvalue weighted by atomic mass is 35.5. The first-order chi connectivity index (χ1) is 15.5. The van der Waals surface area contributed by atoms with Crippen LogP contribution in [0.5, 0.6) is 5.75 Å². The zero-order valence-corrected chi connectivity index (χ0v) is 18.8. The number of anilines is 1. The molecule has 1 saturated heterocycles. The van der Waals surface area contributed by atoms with E-state index in [2.05, 4.69) is 10.3 Å². The molecule has 32 heavy (non-hydrogen) atoms. The first kappa shape index (κ1) is 19.9. The number of aromatic nitrogens is 1. The van der Waals surface area contributed by atoms with Crippen molar-refractivity contribution < 1.29 is 14.3 Å². The number of imide groups is 1. The van der Waals surface area contributed by atoms with E-state index in [9.17, 15) is 9.59 Å². The number of nitrogens with zero attached hydrogens (tertiary/aromatic N) is 2. The van der Waals surface area contributed by atoms with E-state index in [0.29, 0.717) is 34.5 Å². The lowest BCUT2D eigenvalue weighted by molar-refractivity contribution is -0.118. The van der Waals surface area contributed by atoms with Crippen molar-refractivity contribution in [2.45, 2.75) is 17.7 Å². The SMILES string of the molecule is O=C1NC2C=C(c3c(Cl)cc(Cl)c4c3CCO4)SC2C(=O)N1c1cncc2ccccc12. The van der Waals surface area contributed by atoms with Gasteiger partial charge in [-0.1, -0.05) is 47.5 Å². The number of thioether (sulfide) groups is 1. The molecule has 1 fully saturated rings. The number of carbonyl (C=O) groups is 2. The summed E-state index contributed by atoms with van der Waals surface area (Å²) >= 11 is 14.3. The lowest BCUT2D eigenvalue weighted by atomic mass is 10.0. The number of urea groups is 1. The smallest absolute Gasteiger partial charge is 0.329 e. The number of pyridine rings is 1. The molecule has 3 aliphatic heterocycles. The largest absolute Gasteiger partial charge is 0.491 e. The van der Waals surface area contributed by atoms with E-state index in [1.54, 1.807) is 18.5 Å². The highest BCUT2D eigenvalue weighted by Gasteiger charge is 2.46. The zero-order chi connectivity index (χ0) is 22.0. The van der Waals surface area contributed by atoms with Gasteiger partial charge in [-0.25, -0.2) is 9.69 Å². The lowest BCUT2D eigenvalue weighted by Crippen LogP contribution is -2.60. The summed E-state index contributed by atoms with van der Waals surface area (Å²) in [6.45, 7) is 0.532. The monoisotopic (exact) mass is 483 g/mol. The summed E-state index contributed by atoms with van der Waals surface area (Å²) in [5.74, 6) is 0.354. The zero-order valence-electron chi connectivity index (χ0n) is 16.5. The van der Waals surface area contributed by atoms with Gasteiger partial charge < -0.3 is 10.1 Å². The Kier molecular flexibility index (Phi) is 4.61. The van der Waals surface area contributed by atoms with Gasteiger partial charge in [0.2, 0.25) is 0 Å². The van der Waals surface area contributed by atoms with Crippen LogP contribution >= 0.6 is 35.0 Å². The van der Waals surface area contributed by atoms with Crippen LogP contribution in [0.3, 0.4) is 0 Å². The van der Waals surface area contributed by atoms with Crippen LogP contribution in [0.15, 0.2) is 48.8 Å². The predicted octanol–water partition coefficient (Wildman–Crippen LogP) is 5.06. The molecule has 0 radical (unpaired) electrons. The van der Waals surface area contributed by atoms with Gasteiger partial charge in [-0.3, -0.25) is 9.78 Å². The fraction of sp³-hybridized carbons (Fsp3) is 0.174. The van der Waals surface area contributed by atoms with Gasteiger partial charge in [0.05, 0.1) is 34.6 Å². The van der Waals surface area contributed by atoms with Crippen LogP contribution in [0.4, 0.5) is 10.5 Å². The molecule has 0 saturated carbocycles. The summed E-state index contributed by atoms with van der Waals surface area (Å²) in [5, 5.41) is 5.08. The molecule has 3 aromatic rings. The molecule has 4 heterocycles. The molecule has 2 atom stereocenters. The van der Waals surface area contributed by atoms with Gasteiger partial charge >= 0.3 is 6.03 Å². The van der Waals surface area contributed by atoms with E-state index in [0.717, 1.165) is 26.8 Å². The highest BCUT2D eigenvalue weighted by Crippen LogP contribution is 2.50. The van der Waals surface area contributed by atoms with E-state index in [4.69, 9.17) is 27.9 Å². The van der Waals surface area contributed by atoms with Crippen molar-refractivity contribution in [1.29, 1.82) is 0 Å². The van der Waals surface area contributed by atoms with Crippen molar-refractivity contribution in [1.82, 2.24) is 10.3 Å². The number of hydrogen-bond acceptors (Lipinski definition) is 5. The van der Waals surface area contributed by atoms with Crippen LogP contribution in [-0.2, 0) is 11.2 Å². The van der Waals surface area contributed by atoms with E-state index >= 15 is 0 Å². The Morgan fingerprint density at radius 1 is 1.16 bits per heavy atom. The maximum absolute atomic E-state index is 13.5. The van der Waals surface area contributed by atoms with E-state index in [1.807, 2.05) is 30.3 Å². The third kappa shape index (κ3) is 2.92. The number of fused-ring (bicyclic) bond motifs is 3. The summed E-state index contributed by atoms with van der Waals surface area (Å²) in [5.41, 5.74) is 2.23. The summed E-state index contributed by atoms with van der Waals surface area (Å²) in [6, 6.07) is 8.30. The number of ether oxygens (including phenoxy) is 1. The average molecular weight is 484 g/mol. The number of nitrogens with one attached hydrogen (secondary N) is 1. The van der Waals surface area contributed by atoms with Crippen molar-refractivity contribution in [2.75, 3.05) is 11.5 Å². The van der Waals surface area contributed by atoms with Crippen LogP contribution in [0.2, 0.25) is 10.0 Å². The average Bonchev–Trinajstić information content (AvgIpc) is 3.42. The minimum Gasteiger partial charge on any atom is -0.491 e. The lowest BCUT2D eigenvalue weighted by Gasteiger charge is -2.33. The minimum atomic E-state index is -0.508. The Morgan fingerprint density at radius 2 is 2.00 bits per heavy atom. The van der Waals surface area contributed by atoms with E-state index in [-0.39, 0.29) is 5.91 Å². The summed E-state index contributed by atoms with van der Waals surface area (Å²) in [6.07, 6.45) is 5.85. The molecule has 2 aromatic carbocycles. The molecular weight excluding hydrogens is 469 g/mol. The Labute approximate surface area is 197 Å². The summed E-state index contributed by atoms with van der Waals surface area (Å²) < 4.78 is 5.68. The van der Waals surface area contributed by atoms with Crippen LogP contribution < -0.4 is 15.0 Å². The molecule has 6 nitrogen and oxygen atoms in total. The number of rotatable bonds is 2. The molecule has 0 aliphatic carbocycles. The number of halogens is 2. The highest BCUT2D eigenvalue weighted by molar-refractivity contribution is 8.09. The molecule has 2 unspecified atom stereocenters. The topological polar surface area (TPSA) is 71.5 Å². The standard InChI is InChI=1S/C23H15Cl2N3O3S/c24-14-7-15(25)20-13(5-6-31-20)19(14)18-8-16-21(32-18)22(29)28(23(30)27-16)17-10-26-9-11-3-1-2-4-12(11)17/h1-4,7-10,16,21H,5-6H2,(H,27,30). The summed E-state index contributed by atoms with van der Waals surface area (Å²) in [4.78, 5) is 32.8. The predicted molar refractivity (Wildman–Crippen MR) is 127 cm³/mol. The molecule has 1 aromatic heterocycles. The maximum Gasteiger partial charge on any atom is 0.329 e. The maximum atomic E-state index is 13.5. The molecule has 3 aliphatic rings. The number of carbonyl (C=O) groups excluding carboxylic acids is 2. The fourth-order valence-corrected chi connectivity index (χ4v) is 6.54. The molecule has 1 N–H and O–H groups in total. The molecule has 6 rings (SSSR count). The van der Waals surface area contributed by atoms with Crippen molar-refractivity contribution in [3.8, 4) is 5.75 Å². The van der Waals surface area contributed by atoms with Crippen LogP contribution in [0.25, 0.3) is 15.7 Å². The summed E-state index contributed by atoms with van der Waals surface area (Å²) in [7, 11) is 0. The second-order valence-corrected chi connectivity index (χ2v) is 9.72. The molecule has 0 bridgehead atoms. The third-order valence-electron chi connectivity index (χ3n) is 5.89. The Balaban J connectivity index is 1.38. The normalized spacial score (nSPS) is 21.8. The van der Waals surface area contributed by atoms with Gasteiger partial charge in [0.25, 0.3) is 5.91 Å². The fourth-order valence-electron chi connectivity index (χ4n) is 4.47. The molecular formula is C23H15Cl2N3O3S. The number of hydrogen-bond donors (Lipinski definition) is 1. The van der Waals surface area contributed by atoms with Gasteiger partial charge in [0.15, 0.2) is 0 Å². The minimum absolute atomic E-state index is 0.286. The van der Waals surface area contributed by atoms with E-state index < -0.39 is 17.3 Å². The molecule has 160 valence electrons. The van der Waals surface area contributed by atoms with Gasteiger partial charge in [-0.2, -0.15) is 0 Å².